The molecular weight excluding hydrogens is 262 g/mol. The number of hydrogen-bond acceptors (Lipinski definition) is 4. The van der Waals surface area contributed by atoms with Crippen molar-refractivity contribution in [2.75, 3.05) is 0 Å². The number of aliphatic carboxylic acids is 1. The minimum atomic E-state index is -0.977. The van der Waals surface area contributed by atoms with Gasteiger partial charge in [-0.25, -0.2) is 9.78 Å². The summed E-state index contributed by atoms with van der Waals surface area (Å²) in [4.78, 5) is 15.5. The monoisotopic (exact) mass is 279 g/mol. The summed E-state index contributed by atoms with van der Waals surface area (Å²) < 4.78 is 6.49. The van der Waals surface area contributed by atoms with E-state index in [-0.39, 0.29) is 0 Å². The first-order chi connectivity index (χ1) is 9.02. The highest BCUT2D eigenvalue weighted by Gasteiger charge is 2.17. The second-order valence-corrected chi connectivity index (χ2v) is 5.62. The lowest BCUT2D eigenvalue weighted by Crippen LogP contribution is -2.22. The van der Waals surface area contributed by atoms with E-state index >= 15 is 0 Å². The molecule has 0 bridgehead atoms. The zero-order chi connectivity index (χ0) is 14.0. The van der Waals surface area contributed by atoms with Crippen LogP contribution in [0.1, 0.15) is 38.1 Å². The quantitative estimate of drug-likeness (QED) is 0.907. The number of carboxylic acids is 1. The number of benzene rings is 1. The third kappa shape index (κ3) is 2.87. The molecule has 102 valence electrons. The standard InChI is InChI=1S/C14H17NO3S/c1-4-8(2)13-15-12-10(18-9(3)14(16)17)6-5-7-11(12)19-13/h5-9H,4H2,1-3H3,(H,16,17). The van der Waals surface area contributed by atoms with Crippen LogP contribution >= 0.6 is 11.3 Å². The lowest BCUT2D eigenvalue weighted by molar-refractivity contribution is -0.144. The Bertz CT molecular complexity index is 593. The first-order valence-corrected chi connectivity index (χ1v) is 7.13. The number of rotatable bonds is 5. The molecule has 2 unspecified atom stereocenters. The Hall–Kier alpha value is -1.62. The number of hydrogen-bond donors (Lipinski definition) is 1. The topological polar surface area (TPSA) is 59.4 Å². The molecule has 0 amide bonds. The van der Waals surface area contributed by atoms with Crippen molar-refractivity contribution in [3.8, 4) is 5.75 Å². The summed E-state index contributed by atoms with van der Waals surface area (Å²) in [7, 11) is 0. The van der Waals surface area contributed by atoms with Gasteiger partial charge in [0.2, 0.25) is 0 Å². The smallest absolute Gasteiger partial charge is 0.344 e. The van der Waals surface area contributed by atoms with Crippen molar-refractivity contribution in [3.05, 3.63) is 23.2 Å². The van der Waals surface area contributed by atoms with Crippen LogP contribution in [0, 0.1) is 0 Å². The summed E-state index contributed by atoms with van der Waals surface area (Å²) in [6.07, 6.45) is 0.154. The average molecular weight is 279 g/mol. The van der Waals surface area contributed by atoms with Crippen molar-refractivity contribution in [2.45, 2.75) is 39.2 Å². The average Bonchev–Trinajstić information content (AvgIpc) is 2.82. The van der Waals surface area contributed by atoms with Crippen LogP contribution in [0.15, 0.2) is 18.2 Å². The van der Waals surface area contributed by atoms with E-state index in [2.05, 4.69) is 18.8 Å². The van der Waals surface area contributed by atoms with Crippen LogP contribution in [0.4, 0.5) is 0 Å². The molecule has 0 aliphatic carbocycles. The molecule has 1 N–H and O–H groups in total. The van der Waals surface area contributed by atoms with Gasteiger partial charge < -0.3 is 9.84 Å². The Balaban J connectivity index is 2.39. The Morgan fingerprint density at radius 3 is 2.84 bits per heavy atom. The number of nitrogens with zero attached hydrogens (tertiary/aromatic N) is 1. The molecule has 1 aromatic carbocycles. The van der Waals surface area contributed by atoms with Gasteiger partial charge >= 0.3 is 5.97 Å². The van der Waals surface area contributed by atoms with Crippen molar-refractivity contribution in [1.82, 2.24) is 4.98 Å². The molecule has 0 saturated heterocycles. The molecule has 1 heterocycles. The summed E-state index contributed by atoms with van der Waals surface area (Å²) in [5, 5.41) is 9.97. The van der Waals surface area contributed by atoms with E-state index in [1.165, 1.54) is 6.92 Å². The minimum absolute atomic E-state index is 0.405. The van der Waals surface area contributed by atoms with Crippen LogP contribution < -0.4 is 4.74 Å². The molecule has 0 spiro atoms. The molecule has 1 aromatic heterocycles. The van der Waals surface area contributed by atoms with Crippen LogP contribution in [0.3, 0.4) is 0 Å². The lowest BCUT2D eigenvalue weighted by Gasteiger charge is -2.10. The van der Waals surface area contributed by atoms with Gasteiger partial charge in [0.05, 0.1) is 9.71 Å². The Morgan fingerprint density at radius 2 is 2.21 bits per heavy atom. The van der Waals surface area contributed by atoms with Gasteiger partial charge in [-0.2, -0.15) is 0 Å². The number of carbonyl (C=O) groups is 1. The highest BCUT2D eigenvalue weighted by molar-refractivity contribution is 7.18. The number of ether oxygens (including phenoxy) is 1. The molecular formula is C14H17NO3S. The maximum Gasteiger partial charge on any atom is 0.344 e. The predicted octanol–water partition coefficient (Wildman–Crippen LogP) is 3.66. The second-order valence-electron chi connectivity index (χ2n) is 4.56. The zero-order valence-corrected chi connectivity index (χ0v) is 12.0. The van der Waals surface area contributed by atoms with E-state index in [9.17, 15) is 4.79 Å². The highest BCUT2D eigenvalue weighted by Crippen LogP contribution is 2.34. The van der Waals surface area contributed by atoms with Gasteiger partial charge in [-0.15, -0.1) is 11.3 Å². The van der Waals surface area contributed by atoms with Gasteiger partial charge in [-0.3, -0.25) is 0 Å². The van der Waals surface area contributed by atoms with E-state index < -0.39 is 12.1 Å². The van der Waals surface area contributed by atoms with E-state index in [1.807, 2.05) is 12.1 Å². The zero-order valence-electron chi connectivity index (χ0n) is 11.2. The molecule has 0 aliphatic heterocycles. The molecule has 2 rings (SSSR count). The molecule has 0 aliphatic rings. The normalized spacial score (nSPS) is 14.3. The van der Waals surface area contributed by atoms with Crippen molar-refractivity contribution in [1.29, 1.82) is 0 Å². The van der Waals surface area contributed by atoms with Gasteiger partial charge in [-0.1, -0.05) is 19.9 Å². The molecule has 5 heteroatoms. The van der Waals surface area contributed by atoms with Crippen LogP contribution in [-0.2, 0) is 4.79 Å². The number of para-hydroxylation sites is 1. The molecule has 4 nitrogen and oxygen atoms in total. The minimum Gasteiger partial charge on any atom is -0.479 e. The largest absolute Gasteiger partial charge is 0.479 e. The van der Waals surface area contributed by atoms with Gasteiger partial charge in [0.15, 0.2) is 6.10 Å². The Kier molecular flexibility index (Phi) is 4.04. The predicted molar refractivity (Wildman–Crippen MR) is 76.1 cm³/mol. The van der Waals surface area contributed by atoms with Crippen molar-refractivity contribution < 1.29 is 14.6 Å². The fraction of sp³-hybridized carbons (Fsp3) is 0.429. The molecule has 19 heavy (non-hydrogen) atoms. The Morgan fingerprint density at radius 1 is 1.47 bits per heavy atom. The summed E-state index contributed by atoms with van der Waals surface area (Å²) in [5.74, 6) is -0.0327. The number of carboxylic acid groups (broad SMARTS) is 1. The van der Waals surface area contributed by atoms with Crippen LogP contribution in [-0.4, -0.2) is 22.2 Å². The number of aromatic nitrogens is 1. The summed E-state index contributed by atoms with van der Waals surface area (Å²) in [5.41, 5.74) is 0.760. The molecule has 2 aromatic rings. The number of thiazole rings is 1. The lowest BCUT2D eigenvalue weighted by atomic mass is 10.1. The summed E-state index contributed by atoms with van der Waals surface area (Å²) in [6.45, 7) is 5.78. The second kappa shape index (κ2) is 5.57. The van der Waals surface area contributed by atoms with Crippen LogP contribution in [0.5, 0.6) is 5.75 Å². The first kappa shape index (κ1) is 13.8. The summed E-state index contributed by atoms with van der Waals surface area (Å²) in [6, 6.07) is 5.61. The third-order valence-electron chi connectivity index (χ3n) is 3.08. The first-order valence-electron chi connectivity index (χ1n) is 6.31. The maximum atomic E-state index is 10.9. The van der Waals surface area contributed by atoms with Crippen molar-refractivity contribution in [3.63, 3.8) is 0 Å². The maximum absolute atomic E-state index is 10.9. The fourth-order valence-electron chi connectivity index (χ4n) is 1.66. The van der Waals surface area contributed by atoms with E-state index in [0.29, 0.717) is 11.7 Å². The van der Waals surface area contributed by atoms with Crippen molar-refractivity contribution >= 4 is 27.5 Å². The summed E-state index contributed by atoms with van der Waals surface area (Å²) >= 11 is 1.64. The SMILES string of the molecule is CCC(C)c1nc2c(OC(C)C(=O)O)cccc2s1. The van der Waals surface area contributed by atoms with Crippen molar-refractivity contribution in [2.24, 2.45) is 0 Å². The van der Waals surface area contributed by atoms with Gasteiger partial charge in [0.1, 0.15) is 11.3 Å². The van der Waals surface area contributed by atoms with E-state index in [1.54, 1.807) is 17.4 Å². The van der Waals surface area contributed by atoms with E-state index in [0.717, 1.165) is 21.6 Å². The van der Waals surface area contributed by atoms with Gasteiger partial charge in [0, 0.05) is 5.92 Å². The van der Waals surface area contributed by atoms with Gasteiger partial charge in [0.25, 0.3) is 0 Å². The molecule has 0 fully saturated rings. The third-order valence-corrected chi connectivity index (χ3v) is 4.34. The fourth-order valence-corrected chi connectivity index (χ4v) is 2.78. The molecule has 0 saturated carbocycles. The molecule has 0 radical (unpaired) electrons. The Labute approximate surface area is 116 Å². The van der Waals surface area contributed by atoms with Crippen LogP contribution in [0.2, 0.25) is 0 Å². The molecule has 2 atom stereocenters. The van der Waals surface area contributed by atoms with Crippen LogP contribution in [0.25, 0.3) is 10.2 Å². The van der Waals surface area contributed by atoms with Gasteiger partial charge in [-0.05, 0) is 25.5 Å². The number of fused-ring (bicyclic) bond motifs is 1. The van der Waals surface area contributed by atoms with E-state index in [4.69, 9.17) is 9.84 Å². The highest BCUT2D eigenvalue weighted by atomic mass is 32.1.